The summed E-state index contributed by atoms with van der Waals surface area (Å²) in [6.07, 6.45) is 1.31. The third-order valence-corrected chi connectivity index (χ3v) is 2.16. The number of carbonyl (C=O) groups is 1. The van der Waals surface area contributed by atoms with Crippen LogP contribution in [0.5, 0.6) is 0 Å². The lowest BCUT2D eigenvalue weighted by Gasteiger charge is -2.01. The lowest BCUT2D eigenvalue weighted by Crippen LogP contribution is -2.23. The molecule has 18 heavy (non-hydrogen) atoms. The van der Waals surface area contributed by atoms with Crippen molar-refractivity contribution >= 4 is 11.9 Å². The Morgan fingerprint density at radius 2 is 2.22 bits per heavy atom. The summed E-state index contributed by atoms with van der Waals surface area (Å²) < 4.78 is 9.80. The smallest absolute Gasteiger partial charge is 0.323 e. The van der Waals surface area contributed by atoms with Gasteiger partial charge in [-0.2, -0.15) is 4.98 Å². The van der Waals surface area contributed by atoms with Gasteiger partial charge in [0.15, 0.2) is 5.69 Å². The highest BCUT2D eigenvalue weighted by Crippen LogP contribution is 2.22. The zero-order valence-corrected chi connectivity index (χ0v) is 10.3. The Labute approximate surface area is 103 Å². The predicted octanol–water partition coefficient (Wildman–Crippen LogP) is 0.540. The Balaban J connectivity index is 2.33. The zero-order chi connectivity index (χ0) is 13.1. The molecule has 0 fully saturated rings. The van der Waals surface area contributed by atoms with Gasteiger partial charge in [0.05, 0.1) is 5.56 Å². The zero-order valence-electron chi connectivity index (χ0n) is 10.3. The fourth-order valence-electron chi connectivity index (χ4n) is 1.31. The quantitative estimate of drug-likeness (QED) is 0.846. The normalized spacial score (nSPS) is 10.4. The fraction of sp³-hybridized carbons (Fsp3) is 0.400. The van der Waals surface area contributed by atoms with E-state index in [1.165, 1.54) is 6.26 Å². The van der Waals surface area contributed by atoms with Crippen LogP contribution in [0.2, 0.25) is 0 Å². The van der Waals surface area contributed by atoms with Crippen LogP contribution >= 0.6 is 0 Å². The molecule has 0 atom stereocenters. The molecule has 96 valence electrons. The second kappa shape index (κ2) is 4.86. The highest BCUT2D eigenvalue weighted by molar-refractivity contribution is 5.97. The van der Waals surface area contributed by atoms with Crippen molar-refractivity contribution in [2.45, 2.75) is 6.92 Å². The van der Waals surface area contributed by atoms with E-state index in [0.717, 1.165) is 0 Å². The van der Waals surface area contributed by atoms with Crippen LogP contribution in [0.15, 0.2) is 15.3 Å². The fourth-order valence-corrected chi connectivity index (χ4v) is 1.31. The molecule has 2 aromatic heterocycles. The number of nitrogens with zero attached hydrogens (tertiary/aromatic N) is 4. The minimum Gasteiger partial charge on any atom is -0.363 e. The van der Waals surface area contributed by atoms with E-state index in [2.05, 4.69) is 20.6 Å². The molecule has 2 aromatic rings. The van der Waals surface area contributed by atoms with Crippen molar-refractivity contribution < 1.29 is 13.8 Å². The van der Waals surface area contributed by atoms with Crippen molar-refractivity contribution in [2.75, 3.05) is 25.5 Å². The molecule has 1 N–H and O–H groups in total. The van der Waals surface area contributed by atoms with Gasteiger partial charge in [0, 0.05) is 20.6 Å². The molecular formula is C10H13N5O3. The van der Waals surface area contributed by atoms with Gasteiger partial charge in [-0.25, -0.2) is 0 Å². The van der Waals surface area contributed by atoms with Crippen LogP contribution in [-0.2, 0) is 0 Å². The minimum atomic E-state index is -0.336. The first-order chi connectivity index (χ1) is 8.63. The van der Waals surface area contributed by atoms with Gasteiger partial charge in [-0.05, 0) is 6.92 Å². The van der Waals surface area contributed by atoms with Crippen molar-refractivity contribution in [3.63, 3.8) is 0 Å². The summed E-state index contributed by atoms with van der Waals surface area (Å²) in [7, 11) is 3.55. The van der Waals surface area contributed by atoms with Crippen LogP contribution in [0.3, 0.4) is 0 Å². The first-order valence-electron chi connectivity index (χ1n) is 5.37. The van der Waals surface area contributed by atoms with Crippen LogP contribution in [0.4, 0.5) is 6.01 Å². The molecule has 0 radical (unpaired) electrons. The van der Waals surface area contributed by atoms with Crippen LogP contribution in [0, 0.1) is 0 Å². The lowest BCUT2D eigenvalue weighted by molar-refractivity contribution is 0.0947. The average molecular weight is 251 g/mol. The molecular weight excluding hydrogens is 238 g/mol. The molecule has 0 spiro atoms. The number of hydrogen-bond acceptors (Lipinski definition) is 7. The Kier molecular flexibility index (Phi) is 3.26. The van der Waals surface area contributed by atoms with Crippen molar-refractivity contribution in [1.82, 2.24) is 20.6 Å². The van der Waals surface area contributed by atoms with E-state index in [9.17, 15) is 4.79 Å². The molecule has 0 saturated heterocycles. The van der Waals surface area contributed by atoms with E-state index >= 15 is 0 Å². The minimum absolute atomic E-state index is 0.142. The molecule has 0 saturated carbocycles. The van der Waals surface area contributed by atoms with Crippen LogP contribution < -0.4 is 10.2 Å². The van der Waals surface area contributed by atoms with Crippen molar-refractivity contribution in [3.05, 3.63) is 12.0 Å². The third kappa shape index (κ3) is 2.17. The molecule has 0 unspecified atom stereocenters. The topological polar surface area (TPSA) is 97.3 Å². The van der Waals surface area contributed by atoms with Gasteiger partial charge in [0.2, 0.25) is 5.82 Å². The van der Waals surface area contributed by atoms with Gasteiger partial charge in [-0.3, -0.25) is 4.79 Å². The standard InChI is InChI=1S/C10H13N5O3/c1-4-11-9(16)7-6(5-17-13-7)8-12-10(15(2)3)18-14-8/h5H,4H2,1-3H3,(H,11,16). The first-order valence-corrected chi connectivity index (χ1v) is 5.37. The number of anilines is 1. The number of rotatable bonds is 4. The molecule has 1 amide bonds. The lowest BCUT2D eigenvalue weighted by atomic mass is 10.2. The molecule has 8 heteroatoms. The Morgan fingerprint density at radius 1 is 1.44 bits per heavy atom. The highest BCUT2D eigenvalue weighted by atomic mass is 16.5. The number of nitrogens with one attached hydrogen (secondary N) is 1. The third-order valence-electron chi connectivity index (χ3n) is 2.16. The van der Waals surface area contributed by atoms with E-state index in [-0.39, 0.29) is 17.4 Å². The Morgan fingerprint density at radius 3 is 2.83 bits per heavy atom. The molecule has 0 bridgehead atoms. The van der Waals surface area contributed by atoms with E-state index in [4.69, 9.17) is 9.05 Å². The maximum atomic E-state index is 11.7. The summed E-state index contributed by atoms with van der Waals surface area (Å²) in [5.41, 5.74) is 0.542. The maximum absolute atomic E-state index is 11.7. The monoisotopic (exact) mass is 251 g/mol. The molecule has 2 heterocycles. The van der Waals surface area contributed by atoms with Gasteiger partial charge in [-0.15, -0.1) is 0 Å². The molecule has 8 nitrogen and oxygen atoms in total. The van der Waals surface area contributed by atoms with E-state index < -0.39 is 0 Å². The maximum Gasteiger partial charge on any atom is 0.323 e. The molecule has 0 aliphatic heterocycles. The van der Waals surface area contributed by atoms with Gasteiger partial charge >= 0.3 is 6.01 Å². The summed E-state index contributed by atoms with van der Waals surface area (Å²) in [5, 5.41) is 10.0. The van der Waals surface area contributed by atoms with Crippen LogP contribution in [0.25, 0.3) is 11.4 Å². The van der Waals surface area contributed by atoms with Crippen molar-refractivity contribution in [3.8, 4) is 11.4 Å². The summed E-state index contributed by atoms with van der Waals surface area (Å²) in [5.74, 6) is -0.0707. The molecule has 0 aromatic carbocycles. The van der Waals surface area contributed by atoms with Gasteiger partial charge < -0.3 is 19.3 Å². The number of aromatic nitrogens is 3. The highest BCUT2D eigenvalue weighted by Gasteiger charge is 2.21. The second-order valence-corrected chi connectivity index (χ2v) is 3.73. The van der Waals surface area contributed by atoms with E-state index in [1.807, 2.05) is 6.92 Å². The Bertz CT molecular complexity index is 545. The van der Waals surface area contributed by atoms with Crippen LogP contribution in [-0.4, -0.2) is 41.8 Å². The summed E-state index contributed by atoms with van der Waals surface area (Å²) in [4.78, 5) is 17.5. The first kappa shape index (κ1) is 12.1. The average Bonchev–Trinajstić information content (AvgIpc) is 2.98. The Hall–Kier alpha value is -2.38. The summed E-state index contributed by atoms with van der Waals surface area (Å²) in [6, 6.07) is 0.341. The summed E-state index contributed by atoms with van der Waals surface area (Å²) in [6.45, 7) is 2.32. The SMILES string of the molecule is CCNC(=O)c1nocc1-c1noc(N(C)C)n1. The molecule has 0 aliphatic rings. The van der Waals surface area contributed by atoms with Crippen LogP contribution in [0.1, 0.15) is 17.4 Å². The number of carbonyl (C=O) groups excluding carboxylic acids is 1. The van der Waals surface area contributed by atoms with Crippen molar-refractivity contribution in [2.24, 2.45) is 0 Å². The predicted molar refractivity (Wildman–Crippen MR) is 62.1 cm³/mol. The van der Waals surface area contributed by atoms with Gasteiger partial charge in [0.1, 0.15) is 6.26 Å². The largest absolute Gasteiger partial charge is 0.363 e. The van der Waals surface area contributed by atoms with E-state index in [1.54, 1.807) is 19.0 Å². The molecule has 2 rings (SSSR count). The van der Waals surface area contributed by atoms with Crippen molar-refractivity contribution in [1.29, 1.82) is 0 Å². The second-order valence-electron chi connectivity index (χ2n) is 3.73. The van der Waals surface area contributed by atoms with Gasteiger partial charge in [-0.1, -0.05) is 10.3 Å². The number of amides is 1. The van der Waals surface area contributed by atoms with Gasteiger partial charge in [0.25, 0.3) is 5.91 Å². The number of hydrogen-bond donors (Lipinski definition) is 1. The summed E-state index contributed by atoms with van der Waals surface area (Å²) >= 11 is 0. The van der Waals surface area contributed by atoms with E-state index in [0.29, 0.717) is 18.1 Å². The molecule has 0 aliphatic carbocycles.